The normalized spacial score (nSPS) is 13.3. The fourth-order valence-electron chi connectivity index (χ4n) is 1.36. The first-order valence-corrected chi connectivity index (χ1v) is 7.47. The second kappa shape index (κ2) is 6.16. The average Bonchev–Trinajstić information content (AvgIpc) is 2.37. The van der Waals surface area contributed by atoms with Crippen molar-refractivity contribution in [3.05, 3.63) is 29.8 Å². The van der Waals surface area contributed by atoms with E-state index < -0.39 is 16.0 Å². The van der Waals surface area contributed by atoms with Crippen LogP contribution in [-0.4, -0.2) is 27.5 Å². The van der Waals surface area contributed by atoms with Crippen LogP contribution in [0.2, 0.25) is 0 Å². The second-order valence-electron chi connectivity index (χ2n) is 4.67. The number of hydrogen-bond donors (Lipinski definition) is 1. The van der Waals surface area contributed by atoms with E-state index in [1.54, 1.807) is 6.92 Å². The number of benzene rings is 1. The number of hydrogen-bond acceptors (Lipinski definition) is 4. The number of methoxy groups -OCH3 is 1. The summed E-state index contributed by atoms with van der Waals surface area (Å²) < 4.78 is 31.4. The van der Waals surface area contributed by atoms with Crippen molar-refractivity contribution in [3.63, 3.8) is 0 Å². The van der Waals surface area contributed by atoms with Gasteiger partial charge in [0.25, 0.3) is 0 Å². The van der Waals surface area contributed by atoms with E-state index in [1.807, 2.05) is 13.8 Å². The van der Waals surface area contributed by atoms with Crippen LogP contribution in [-0.2, 0) is 14.8 Å². The molecule has 1 atom stereocenters. The van der Waals surface area contributed by atoms with Crippen molar-refractivity contribution < 1.29 is 17.9 Å². The molecule has 0 fully saturated rings. The van der Waals surface area contributed by atoms with Gasteiger partial charge in [-0.2, -0.15) is 0 Å². The minimum atomic E-state index is -3.63. The van der Waals surface area contributed by atoms with Gasteiger partial charge in [0.05, 0.1) is 17.6 Å². The van der Waals surface area contributed by atoms with Crippen molar-refractivity contribution in [1.82, 2.24) is 4.72 Å². The Morgan fingerprint density at radius 3 is 2.42 bits per heavy atom. The van der Waals surface area contributed by atoms with Gasteiger partial charge in [0.1, 0.15) is 0 Å². The van der Waals surface area contributed by atoms with Gasteiger partial charge in [0, 0.05) is 6.04 Å². The van der Waals surface area contributed by atoms with Gasteiger partial charge in [-0.15, -0.1) is 0 Å². The molecule has 5 nitrogen and oxygen atoms in total. The Bertz CT molecular complexity index is 552. The van der Waals surface area contributed by atoms with Crippen molar-refractivity contribution in [2.24, 2.45) is 5.92 Å². The molecule has 1 aromatic carbocycles. The van der Waals surface area contributed by atoms with E-state index in [-0.39, 0.29) is 22.4 Å². The first kappa shape index (κ1) is 15.7. The molecule has 0 heterocycles. The molecule has 19 heavy (non-hydrogen) atoms. The fourth-order valence-corrected chi connectivity index (χ4v) is 2.79. The van der Waals surface area contributed by atoms with Crippen LogP contribution in [0.25, 0.3) is 0 Å². The largest absolute Gasteiger partial charge is 0.465 e. The van der Waals surface area contributed by atoms with Gasteiger partial charge in [0.2, 0.25) is 10.0 Å². The summed E-state index contributed by atoms with van der Waals surface area (Å²) in [7, 11) is -2.37. The maximum Gasteiger partial charge on any atom is 0.337 e. The van der Waals surface area contributed by atoms with E-state index in [9.17, 15) is 13.2 Å². The standard InChI is InChI=1S/C13H19NO4S/c1-9(2)10(3)14-19(16,17)12-7-5-6-11(8-12)13(15)18-4/h5-10,14H,1-4H3/t10-/m1/s1. The molecule has 0 bridgehead atoms. The molecule has 0 aliphatic carbocycles. The summed E-state index contributed by atoms with van der Waals surface area (Å²) in [6.45, 7) is 5.66. The van der Waals surface area contributed by atoms with Crippen molar-refractivity contribution in [1.29, 1.82) is 0 Å². The number of carbonyl (C=O) groups excluding carboxylic acids is 1. The van der Waals surface area contributed by atoms with Crippen LogP contribution in [0.15, 0.2) is 29.2 Å². The summed E-state index contributed by atoms with van der Waals surface area (Å²) in [5.74, 6) is -0.382. The average molecular weight is 285 g/mol. The third kappa shape index (κ3) is 4.04. The lowest BCUT2D eigenvalue weighted by molar-refractivity contribution is 0.0600. The summed E-state index contributed by atoms with van der Waals surface area (Å²) in [6, 6.07) is 5.59. The van der Waals surface area contributed by atoms with E-state index >= 15 is 0 Å². The minimum absolute atomic E-state index is 0.0582. The number of ether oxygens (including phenoxy) is 1. The Labute approximate surface area is 114 Å². The zero-order chi connectivity index (χ0) is 14.6. The summed E-state index contributed by atoms with van der Waals surface area (Å²) in [6.07, 6.45) is 0. The molecule has 0 aliphatic rings. The highest BCUT2D eigenvalue weighted by Crippen LogP contribution is 2.14. The van der Waals surface area contributed by atoms with Crippen LogP contribution >= 0.6 is 0 Å². The predicted molar refractivity (Wildman–Crippen MR) is 72.4 cm³/mol. The third-order valence-electron chi connectivity index (χ3n) is 2.91. The molecule has 1 N–H and O–H groups in total. The summed E-state index contributed by atoms with van der Waals surface area (Å²) in [5.41, 5.74) is 0.211. The van der Waals surface area contributed by atoms with Crippen LogP contribution in [0.3, 0.4) is 0 Å². The highest BCUT2D eigenvalue weighted by molar-refractivity contribution is 7.89. The van der Waals surface area contributed by atoms with Crippen LogP contribution in [0, 0.1) is 5.92 Å². The molecule has 6 heteroatoms. The first-order chi connectivity index (χ1) is 8.77. The molecule has 0 amide bonds. The third-order valence-corrected chi connectivity index (χ3v) is 4.46. The van der Waals surface area contributed by atoms with Crippen LogP contribution in [0.4, 0.5) is 0 Å². The van der Waals surface area contributed by atoms with E-state index in [0.29, 0.717) is 0 Å². The highest BCUT2D eigenvalue weighted by atomic mass is 32.2. The minimum Gasteiger partial charge on any atom is -0.465 e. The van der Waals surface area contributed by atoms with Crippen LogP contribution in [0.1, 0.15) is 31.1 Å². The smallest absolute Gasteiger partial charge is 0.337 e. The molecule has 0 aromatic heterocycles. The Hall–Kier alpha value is -1.40. The lowest BCUT2D eigenvalue weighted by Gasteiger charge is -2.17. The molecule has 106 valence electrons. The second-order valence-corrected chi connectivity index (χ2v) is 6.39. The van der Waals surface area contributed by atoms with E-state index in [4.69, 9.17) is 0 Å². The molecule has 0 saturated carbocycles. The van der Waals surface area contributed by atoms with E-state index in [1.165, 1.54) is 31.4 Å². The topological polar surface area (TPSA) is 72.5 Å². The van der Waals surface area contributed by atoms with E-state index in [2.05, 4.69) is 9.46 Å². The molecule has 0 radical (unpaired) electrons. The van der Waals surface area contributed by atoms with Crippen molar-refractivity contribution in [2.75, 3.05) is 7.11 Å². The van der Waals surface area contributed by atoms with E-state index in [0.717, 1.165) is 0 Å². The van der Waals surface area contributed by atoms with Gasteiger partial charge < -0.3 is 4.74 Å². The fraction of sp³-hybridized carbons (Fsp3) is 0.462. The molecule has 0 saturated heterocycles. The molecule has 0 unspecified atom stereocenters. The number of rotatable bonds is 5. The molecule has 1 rings (SSSR count). The Balaban J connectivity index is 3.05. The number of carbonyl (C=O) groups is 1. The summed E-state index contributed by atoms with van der Waals surface area (Å²) in [4.78, 5) is 11.4. The summed E-state index contributed by atoms with van der Waals surface area (Å²) >= 11 is 0. The van der Waals surface area contributed by atoms with Crippen LogP contribution in [0.5, 0.6) is 0 Å². The predicted octanol–water partition coefficient (Wildman–Crippen LogP) is 1.80. The Kier molecular flexibility index (Phi) is 5.08. The quantitative estimate of drug-likeness (QED) is 0.837. The summed E-state index contributed by atoms with van der Waals surface area (Å²) in [5, 5.41) is 0. The number of nitrogens with one attached hydrogen (secondary N) is 1. The lowest BCUT2D eigenvalue weighted by Crippen LogP contribution is -2.36. The SMILES string of the molecule is COC(=O)c1cccc(S(=O)(=O)N[C@H](C)C(C)C)c1. The monoisotopic (exact) mass is 285 g/mol. The van der Waals surface area contributed by atoms with Crippen molar-refractivity contribution >= 4 is 16.0 Å². The number of sulfonamides is 1. The van der Waals surface area contributed by atoms with Crippen molar-refractivity contribution in [3.8, 4) is 0 Å². The molecule has 1 aromatic rings. The Morgan fingerprint density at radius 1 is 1.26 bits per heavy atom. The van der Waals surface area contributed by atoms with Gasteiger partial charge in [-0.3, -0.25) is 0 Å². The van der Waals surface area contributed by atoms with Crippen LogP contribution < -0.4 is 4.72 Å². The van der Waals surface area contributed by atoms with Gasteiger partial charge >= 0.3 is 5.97 Å². The molecule has 0 aliphatic heterocycles. The van der Waals surface area contributed by atoms with Gasteiger partial charge in [-0.05, 0) is 31.0 Å². The lowest BCUT2D eigenvalue weighted by atomic mass is 10.1. The molecule has 0 spiro atoms. The molecular weight excluding hydrogens is 266 g/mol. The van der Waals surface area contributed by atoms with Gasteiger partial charge in [-0.25, -0.2) is 17.9 Å². The molecular formula is C13H19NO4S. The number of esters is 1. The highest BCUT2D eigenvalue weighted by Gasteiger charge is 2.20. The van der Waals surface area contributed by atoms with Crippen molar-refractivity contribution in [2.45, 2.75) is 31.7 Å². The zero-order valence-corrected chi connectivity index (χ0v) is 12.3. The Morgan fingerprint density at radius 2 is 1.89 bits per heavy atom. The van der Waals surface area contributed by atoms with Gasteiger partial charge in [-0.1, -0.05) is 19.9 Å². The first-order valence-electron chi connectivity index (χ1n) is 5.98. The maximum atomic E-state index is 12.1. The zero-order valence-electron chi connectivity index (χ0n) is 11.5. The van der Waals surface area contributed by atoms with Gasteiger partial charge in [0.15, 0.2) is 0 Å². The maximum absolute atomic E-state index is 12.1.